The third kappa shape index (κ3) is 3.16. The highest BCUT2D eigenvalue weighted by atomic mass is 32.1. The summed E-state index contributed by atoms with van der Waals surface area (Å²) in [6.45, 7) is 1.75. The summed E-state index contributed by atoms with van der Waals surface area (Å²) in [7, 11) is 1.46. The maximum absolute atomic E-state index is 12.2. The van der Waals surface area contributed by atoms with Gasteiger partial charge in [0.2, 0.25) is 0 Å². The number of thiophene rings is 1. The van der Waals surface area contributed by atoms with Crippen LogP contribution in [0, 0.1) is 5.92 Å². The van der Waals surface area contributed by atoms with Gasteiger partial charge in [-0.3, -0.25) is 9.59 Å². The third-order valence-corrected chi connectivity index (χ3v) is 4.51. The lowest BCUT2D eigenvalue weighted by atomic mass is 9.99. The van der Waals surface area contributed by atoms with Crippen LogP contribution >= 0.6 is 11.3 Å². The fraction of sp³-hybridized carbons (Fsp3) is 0.333. The first-order valence-corrected chi connectivity index (χ1v) is 7.34. The largest absolute Gasteiger partial charge is 0.504 e. The van der Waals surface area contributed by atoms with E-state index in [1.807, 2.05) is 0 Å². The minimum atomic E-state index is -0.953. The molecule has 0 unspecified atom stereocenters. The number of phenols is 1. The minimum Gasteiger partial charge on any atom is -0.504 e. The molecule has 2 aromatic rings. The average Bonchev–Trinajstić information content (AvgIpc) is 2.85. The van der Waals surface area contributed by atoms with Crippen LogP contribution in [0.3, 0.4) is 0 Å². The summed E-state index contributed by atoms with van der Waals surface area (Å²) in [5.41, 5.74) is 0. The topological polar surface area (TPSA) is 83.8 Å². The van der Waals surface area contributed by atoms with Crippen molar-refractivity contribution in [3.05, 3.63) is 23.1 Å². The number of ether oxygens (including phenoxy) is 1. The van der Waals surface area contributed by atoms with Crippen molar-refractivity contribution in [2.45, 2.75) is 19.8 Å². The Morgan fingerprint density at radius 1 is 1.33 bits per heavy atom. The molecule has 2 N–H and O–H groups in total. The van der Waals surface area contributed by atoms with Crippen molar-refractivity contribution in [1.82, 2.24) is 0 Å². The Morgan fingerprint density at radius 2 is 2.05 bits per heavy atom. The van der Waals surface area contributed by atoms with Crippen LogP contribution in [0.5, 0.6) is 11.5 Å². The first-order chi connectivity index (χ1) is 9.96. The van der Waals surface area contributed by atoms with Gasteiger partial charge in [-0.2, -0.15) is 0 Å². The number of methoxy groups -OCH3 is 1. The number of rotatable bonds is 6. The van der Waals surface area contributed by atoms with Crippen molar-refractivity contribution in [2.75, 3.05) is 7.11 Å². The standard InChI is InChI=1S/C15H16O5S/c1-3-8(15(18)19)4-11(17)14-6-9-5-10(16)12(20-2)7-13(9)21-14/h5-8,16H,3-4H2,1-2H3,(H,18,19)/t8-/m1/s1. The molecule has 6 heteroatoms. The lowest BCUT2D eigenvalue weighted by Crippen LogP contribution is -2.16. The molecule has 2 rings (SSSR count). The Kier molecular flexibility index (Phi) is 4.47. The monoisotopic (exact) mass is 308 g/mol. The van der Waals surface area contributed by atoms with Gasteiger partial charge < -0.3 is 14.9 Å². The number of aliphatic carboxylic acids is 1. The molecular formula is C15H16O5S. The molecular weight excluding hydrogens is 292 g/mol. The quantitative estimate of drug-likeness (QED) is 0.800. The van der Waals surface area contributed by atoms with Crippen molar-refractivity contribution < 1.29 is 24.5 Å². The predicted octanol–water partition coefficient (Wildman–Crippen LogP) is 3.30. The zero-order valence-corrected chi connectivity index (χ0v) is 12.6. The highest BCUT2D eigenvalue weighted by Crippen LogP contribution is 2.36. The fourth-order valence-electron chi connectivity index (χ4n) is 2.09. The highest BCUT2D eigenvalue weighted by molar-refractivity contribution is 7.20. The number of carboxylic acid groups (broad SMARTS) is 1. The van der Waals surface area contributed by atoms with E-state index >= 15 is 0 Å². The maximum atomic E-state index is 12.2. The summed E-state index contributed by atoms with van der Waals surface area (Å²) in [6, 6.07) is 4.88. The molecule has 112 valence electrons. The number of fused-ring (bicyclic) bond motifs is 1. The molecule has 1 aromatic carbocycles. The Labute approximate surface area is 125 Å². The maximum Gasteiger partial charge on any atom is 0.306 e. The normalized spacial score (nSPS) is 12.3. The molecule has 1 aromatic heterocycles. The van der Waals surface area contributed by atoms with Gasteiger partial charge in [-0.25, -0.2) is 0 Å². The average molecular weight is 308 g/mol. The number of carbonyl (C=O) groups is 2. The van der Waals surface area contributed by atoms with E-state index < -0.39 is 11.9 Å². The van der Waals surface area contributed by atoms with E-state index in [2.05, 4.69) is 0 Å². The van der Waals surface area contributed by atoms with Crippen molar-refractivity contribution >= 4 is 33.2 Å². The zero-order valence-electron chi connectivity index (χ0n) is 11.8. The Morgan fingerprint density at radius 3 is 2.62 bits per heavy atom. The number of benzene rings is 1. The Hall–Kier alpha value is -2.08. The Bertz CT molecular complexity index is 689. The Balaban J connectivity index is 2.30. The summed E-state index contributed by atoms with van der Waals surface area (Å²) in [5, 5.41) is 19.5. The molecule has 0 aliphatic heterocycles. The molecule has 0 bridgehead atoms. The van der Waals surface area contributed by atoms with Gasteiger partial charge in [-0.15, -0.1) is 11.3 Å². The van der Waals surface area contributed by atoms with Crippen LogP contribution < -0.4 is 4.74 Å². The van der Waals surface area contributed by atoms with E-state index in [1.165, 1.54) is 24.5 Å². The number of phenolic OH excluding ortho intramolecular Hbond substituents is 1. The van der Waals surface area contributed by atoms with Gasteiger partial charge >= 0.3 is 5.97 Å². The smallest absolute Gasteiger partial charge is 0.306 e. The predicted molar refractivity (Wildman–Crippen MR) is 80.4 cm³/mol. The molecule has 0 saturated carbocycles. The van der Waals surface area contributed by atoms with E-state index in [9.17, 15) is 14.7 Å². The summed E-state index contributed by atoms with van der Waals surface area (Å²) >= 11 is 1.27. The van der Waals surface area contributed by atoms with Crippen LogP contribution in [0.2, 0.25) is 0 Å². The van der Waals surface area contributed by atoms with Gasteiger partial charge in [0.1, 0.15) is 0 Å². The minimum absolute atomic E-state index is 0.0121. The number of hydrogen-bond acceptors (Lipinski definition) is 5. The van der Waals surface area contributed by atoms with E-state index in [0.29, 0.717) is 17.0 Å². The number of ketones is 1. The first-order valence-electron chi connectivity index (χ1n) is 6.52. The highest BCUT2D eigenvalue weighted by Gasteiger charge is 2.21. The van der Waals surface area contributed by atoms with Crippen LogP contribution in [0.1, 0.15) is 29.4 Å². The second-order valence-electron chi connectivity index (χ2n) is 4.74. The molecule has 1 atom stereocenters. The van der Waals surface area contributed by atoms with Crippen LogP contribution in [0.15, 0.2) is 18.2 Å². The molecule has 0 amide bonds. The second kappa shape index (κ2) is 6.13. The number of hydrogen-bond donors (Lipinski definition) is 2. The molecule has 5 nitrogen and oxygen atoms in total. The van der Waals surface area contributed by atoms with Gasteiger partial charge in [-0.05, 0) is 23.9 Å². The summed E-state index contributed by atoms with van der Waals surface area (Å²) in [4.78, 5) is 23.7. The van der Waals surface area contributed by atoms with E-state index in [4.69, 9.17) is 9.84 Å². The molecule has 0 spiro atoms. The summed E-state index contributed by atoms with van der Waals surface area (Å²) in [6.07, 6.45) is 0.405. The van der Waals surface area contributed by atoms with Crippen LogP contribution in [-0.4, -0.2) is 29.1 Å². The summed E-state index contributed by atoms with van der Waals surface area (Å²) in [5.74, 6) is -1.44. The number of Topliss-reactive ketones (excluding diaryl/α,β-unsaturated/α-hetero) is 1. The molecule has 0 radical (unpaired) electrons. The number of carbonyl (C=O) groups excluding carboxylic acids is 1. The lowest BCUT2D eigenvalue weighted by Gasteiger charge is -2.06. The van der Waals surface area contributed by atoms with Crippen molar-refractivity contribution in [3.8, 4) is 11.5 Å². The molecule has 1 heterocycles. The van der Waals surface area contributed by atoms with Crippen molar-refractivity contribution in [2.24, 2.45) is 5.92 Å². The van der Waals surface area contributed by atoms with Crippen LogP contribution in [0.25, 0.3) is 10.1 Å². The second-order valence-corrected chi connectivity index (χ2v) is 5.83. The van der Waals surface area contributed by atoms with Gasteiger partial charge in [0, 0.05) is 17.2 Å². The molecule has 0 aliphatic carbocycles. The van der Waals surface area contributed by atoms with Gasteiger partial charge in [0.15, 0.2) is 17.3 Å². The number of carboxylic acids is 1. The molecule has 0 fully saturated rings. The van der Waals surface area contributed by atoms with Gasteiger partial charge in [0.05, 0.1) is 17.9 Å². The van der Waals surface area contributed by atoms with E-state index in [-0.39, 0.29) is 18.0 Å². The van der Waals surface area contributed by atoms with E-state index in [1.54, 1.807) is 19.1 Å². The molecule has 21 heavy (non-hydrogen) atoms. The zero-order chi connectivity index (χ0) is 15.6. The lowest BCUT2D eigenvalue weighted by molar-refractivity contribution is -0.141. The first kappa shape index (κ1) is 15.3. The van der Waals surface area contributed by atoms with Gasteiger partial charge in [-0.1, -0.05) is 6.92 Å². The fourth-order valence-corrected chi connectivity index (χ4v) is 3.11. The van der Waals surface area contributed by atoms with Crippen LogP contribution in [0.4, 0.5) is 0 Å². The van der Waals surface area contributed by atoms with Crippen molar-refractivity contribution in [1.29, 1.82) is 0 Å². The SMILES string of the molecule is CC[C@H](CC(=O)c1cc2cc(O)c(OC)cc2s1)C(=O)O. The van der Waals surface area contributed by atoms with Gasteiger partial charge in [0.25, 0.3) is 0 Å². The third-order valence-electron chi connectivity index (χ3n) is 3.37. The summed E-state index contributed by atoms with van der Waals surface area (Å²) < 4.78 is 5.85. The van der Waals surface area contributed by atoms with Crippen molar-refractivity contribution in [3.63, 3.8) is 0 Å². The van der Waals surface area contributed by atoms with Crippen LogP contribution in [-0.2, 0) is 4.79 Å². The molecule has 0 aliphatic rings. The van der Waals surface area contributed by atoms with E-state index in [0.717, 1.165) is 10.1 Å². The molecule has 0 saturated heterocycles. The number of aromatic hydroxyl groups is 1.